The Hall–Kier alpha value is -1.46. The zero-order chi connectivity index (χ0) is 14.8. The molecule has 1 heterocycles. The van der Waals surface area contributed by atoms with Crippen LogP contribution in [0.25, 0.3) is 0 Å². The van der Waals surface area contributed by atoms with E-state index in [9.17, 15) is 0 Å². The van der Waals surface area contributed by atoms with E-state index in [1.165, 1.54) is 0 Å². The molecule has 1 aliphatic rings. The molecule has 110 valence electrons. The Labute approximate surface area is 123 Å². The van der Waals surface area contributed by atoms with E-state index in [2.05, 4.69) is 19.0 Å². The molecule has 1 saturated heterocycles. The van der Waals surface area contributed by atoms with Crippen LogP contribution in [0.4, 0.5) is 0 Å². The van der Waals surface area contributed by atoms with Crippen LogP contribution >= 0.6 is 11.6 Å². The lowest BCUT2D eigenvalue weighted by atomic mass is 10.1. The van der Waals surface area contributed by atoms with E-state index in [4.69, 9.17) is 32.0 Å². The average Bonchev–Trinajstić information content (AvgIpc) is 2.75. The molecular weight excluding hydrogens is 280 g/mol. The summed E-state index contributed by atoms with van der Waals surface area (Å²) in [6, 6.07) is 4.97. The van der Waals surface area contributed by atoms with Gasteiger partial charge in [-0.25, -0.2) is 0 Å². The van der Waals surface area contributed by atoms with Crippen molar-refractivity contribution in [1.82, 2.24) is 0 Å². The van der Waals surface area contributed by atoms with Gasteiger partial charge in [0.25, 0.3) is 0 Å². The molecule has 1 aliphatic heterocycles. The van der Waals surface area contributed by atoms with Crippen LogP contribution in [0.3, 0.4) is 0 Å². The molecule has 1 aromatic rings. The van der Waals surface area contributed by atoms with Crippen molar-refractivity contribution in [2.24, 2.45) is 10.9 Å². The molecule has 2 rings (SSSR count). The lowest BCUT2D eigenvalue weighted by Gasteiger charge is -2.20. The van der Waals surface area contributed by atoms with E-state index in [-0.39, 0.29) is 17.5 Å². The van der Waals surface area contributed by atoms with E-state index in [1.807, 2.05) is 0 Å². The van der Waals surface area contributed by atoms with Crippen LogP contribution < -0.4 is 10.5 Å². The van der Waals surface area contributed by atoms with Crippen molar-refractivity contribution in [2.75, 3.05) is 6.61 Å². The quantitative estimate of drug-likeness (QED) is 0.388. The van der Waals surface area contributed by atoms with E-state index in [0.29, 0.717) is 22.9 Å². The first kappa shape index (κ1) is 14.9. The fraction of sp³-hybridized carbons (Fsp3) is 0.500. The Bertz CT molecular complexity index is 517. The Morgan fingerprint density at radius 1 is 1.60 bits per heavy atom. The topological polar surface area (TPSA) is 77.1 Å². The molecule has 1 fully saturated rings. The first-order valence-electron chi connectivity index (χ1n) is 6.49. The van der Waals surface area contributed by atoms with Gasteiger partial charge in [-0.05, 0) is 44.9 Å². The first-order chi connectivity index (χ1) is 9.41. The van der Waals surface area contributed by atoms with Crippen LogP contribution in [0.5, 0.6) is 5.75 Å². The fourth-order valence-corrected chi connectivity index (χ4v) is 2.42. The highest BCUT2D eigenvalue weighted by molar-refractivity contribution is 6.30. The molecule has 20 heavy (non-hydrogen) atoms. The minimum Gasteiger partial charge on any atom is -0.490 e. The van der Waals surface area contributed by atoms with Crippen molar-refractivity contribution in [1.29, 1.82) is 0 Å². The minimum absolute atomic E-state index is 0.00987. The summed E-state index contributed by atoms with van der Waals surface area (Å²) >= 11 is 5.95. The maximum atomic E-state index is 8.78. The summed E-state index contributed by atoms with van der Waals surface area (Å²) in [7, 11) is 0. The zero-order valence-corrected chi connectivity index (χ0v) is 12.4. The second-order valence-corrected chi connectivity index (χ2v) is 5.91. The van der Waals surface area contributed by atoms with Gasteiger partial charge in [-0.3, -0.25) is 0 Å². The second kappa shape index (κ2) is 5.89. The number of hydrogen-bond donors (Lipinski definition) is 2. The van der Waals surface area contributed by atoms with Gasteiger partial charge >= 0.3 is 0 Å². The highest BCUT2D eigenvalue weighted by Gasteiger charge is 2.32. The molecule has 3 N–H and O–H groups in total. The van der Waals surface area contributed by atoms with Crippen LogP contribution in [0.2, 0.25) is 5.02 Å². The summed E-state index contributed by atoms with van der Waals surface area (Å²) in [4.78, 5) is 0. The van der Waals surface area contributed by atoms with E-state index < -0.39 is 0 Å². The third-order valence-electron chi connectivity index (χ3n) is 3.31. The second-order valence-electron chi connectivity index (χ2n) is 5.47. The third-order valence-corrected chi connectivity index (χ3v) is 3.54. The lowest BCUT2D eigenvalue weighted by molar-refractivity contribution is -0.0326. The number of benzene rings is 1. The third kappa shape index (κ3) is 3.55. The highest BCUT2D eigenvalue weighted by Crippen LogP contribution is 2.30. The summed E-state index contributed by atoms with van der Waals surface area (Å²) in [5, 5.41) is 12.3. The van der Waals surface area contributed by atoms with Crippen LogP contribution in [-0.4, -0.2) is 29.4 Å². The predicted molar refractivity (Wildman–Crippen MR) is 77.6 cm³/mol. The predicted octanol–water partition coefficient (Wildman–Crippen LogP) is 2.77. The highest BCUT2D eigenvalue weighted by atomic mass is 35.5. The van der Waals surface area contributed by atoms with Gasteiger partial charge < -0.3 is 20.4 Å². The Kier molecular flexibility index (Phi) is 4.40. The van der Waals surface area contributed by atoms with Crippen molar-refractivity contribution >= 4 is 17.4 Å². The summed E-state index contributed by atoms with van der Waals surface area (Å²) < 4.78 is 11.6. The molecule has 6 heteroatoms. The monoisotopic (exact) mass is 298 g/mol. The van der Waals surface area contributed by atoms with Gasteiger partial charge in [0.15, 0.2) is 5.84 Å². The molecule has 0 bridgehead atoms. The number of halogens is 1. The number of amidine groups is 1. The Balaban J connectivity index is 2.07. The van der Waals surface area contributed by atoms with Gasteiger partial charge in [0, 0.05) is 5.02 Å². The maximum absolute atomic E-state index is 8.78. The molecule has 0 radical (unpaired) electrons. The number of ether oxygens (including phenoxy) is 2. The Morgan fingerprint density at radius 3 is 2.95 bits per heavy atom. The zero-order valence-electron chi connectivity index (χ0n) is 11.6. The lowest BCUT2D eigenvalue weighted by Crippen LogP contribution is -2.24. The largest absolute Gasteiger partial charge is 0.490 e. The number of nitrogens with two attached hydrogens (primary N) is 1. The standard InChI is InChI=1S/C14H19ClN2O3/c1-14(2)6-5-10(20-14)8-19-12-7-9(15)3-4-11(12)13(16)17-18/h3-4,7,10,18H,5-6,8H2,1-2H3,(H2,16,17). The van der Waals surface area contributed by atoms with Gasteiger partial charge in [0.05, 0.1) is 17.3 Å². The molecule has 0 spiro atoms. The van der Waals surface area contributed by atoms with Gasteiger partial charge in [-0.1, -0.05) is 16.8 Å². The summed E-state index contributed by atoms with van der Waals surface area (Å²) in [5.41, 5.74) is 6.03. The molecule has 0 amide bonds. The molecule has 1 atom stereocenters. The summed E-state index contributed by atoms with van der Waals surface area (Å²) in [6.45, 7) is 4.54. The SMILES string of the molecule is CC1(C)CCC(COc2cc(Cl)ccc2/C(N)=N/O)O1. The Morgan fingerprint density at radius 2 is 2.35 bits per heavy atom. The van der Waals surface area contributed by atoms with Crippen molar-refractivity contribution in [3.63, 3.8) is 0 Å². The fourth-order valence-electron chi connectivity index (χ4n) is 2.26. The molecule has 0 saturated carbocycles. The van der Waals surface area contributed by atoms with Crippen molar-refractivity contribution < 1.29 is 14.7 Å². The van der Waals surface area contributed by atoms with E-state index in [0.717, 1.165) is 12.8 Å². The summed E-state index contributed by atoms with van der Waals surface area (Å²) in [5.74, 6) is 0.477. The van der Waals surface area contributed by atoms with Crippen LogP contribution in [0.1, 0.15) is 32.3 Å². The molecule has 1 unspecified atom stereocenters. The number of oxime groups is 1. The molecule has 0 aliphatic carbocycles. The minimum atomic E-state index is -0.100. The molecule has 0 aromatic heterocycles. The van der Waals surface area contributed by atoms with Crippen molar-refractivity contribution in [3.05, 3.63) is 28.8 Å². The normalized spacial score (nSPS) is 21.9. The number of hydrogen-bond acceptors (Lipinski definition) is 4. The molecule has 1 aromatic carbocycles. The van der Waals surface area contributed by atoms with E-state index >= 15 is 0 Å². The molecular formula is C14H19ClN2O3. The average molecular weight is 299 g/mol. The van der Waals surface area contributed by atoms with Crippen LogP contribution in [-0.2, 0) is 4.74 Å². The van der Waals surface area contributed by atoms with Gasteiger partial charge in [0.2, 0.25) is 0 Å². The summed E-state index contributed by atoms with van der Waals surface area (Å²) in [6.07, 6.45) is 2.00. The van der Waals surface area contributed by atoms with Gasteiger partial charge in [-0.2, -0.15) is 0 Å². The smallest absolute Gasteiger partial charge is 0.173 e. The van der Waals surface area contributed by atoms with Crippen molar-refractivity contribution in [2.45, 2.75) is 38.4 Å². The number of nitrogens with zero attached hydrogens (tertiary/aromatic N) is 1. The van der Waals surface area contributed by atoms with Crippen molar-refractivity contribution in [3.8, 4) is 5.75 Å². The van der Waals surface area contributed by atoms with Gasteiger partial charge in [-0.15, -0.1) is 0 Å². The van der Waals surface area contributed by atoms with Crippen LogP contribution in [0.15, 0.2) is 23.4 Å². The first-order valence-corrected chi connectivity index (χ1v) is 6.87. The maximum Gasteiger partial charge on any atom is 0.173 e. The molecule has 5 nitrogen and oxygen atoms in total. The van der Waals surface area contributed by atoms with E-state index in [1.54, 1.807) is 18.2 Å². The number of rotatable bonds is 4. The van der Waals surface area contributed by atoms with Gasteiger partial charge in [0.1, 0.15) is 12.4 Å². The van der Waals surface area contributed by atoms with Crippen LogP contribution in [0, 0.1) is 0 Å².